The van der Waals surface area contributed by atoms with Crippen LogP contribution in [0.2, 0.25) is 0 Å². The molecule has 4 N–H and O–H groups in total. The molecule has 0 aliphatic heterocycles. The second-order valence-corrected chi connectivity index (χ2v) is 7.45. The number of hydrogen-bond acceptors (Lipinski definition) is 5. The summed E-state index contributed by atoms with van der Waals surface area (Å²) in [5.41, 5.74) is 10.3. The minimum atomic E-state index is -1.07. The summed E-state index contributed by atoms with van der Waals surface area (Å²) in [7, 11) is 1.67. The fourth-order valence-corrected chi connectivity index (χ4v) is 3.13. The van der Waals surface area contributed by atoms with Crippen molar-refractivity contribution < 1.29 is 14.7 Å². The molecule has 0 radical (unpaired) electrons. The molecule has 0 heterocycles. The number of aryl methyl sites for hydroxylation is 1. The van der Waals surface area contributed by atoms with E-state index in [0.717, 1.165) is 12.0 Å². The predicted octanol–water partition coefficient (Wildman–Crippen LogP) is 1.49. The Morgan fingerprint density at radius 3 is 2.83 bits per heavy atom. The molecule has 30 heavy (non-hydrogen) atoms. The number of rotatable bonds is 7. The Morgan fingerprint density at radius 2 is 2.13 bits per heavy atom. The van der Waals surface area contributed by atoms with Gasteiger partial charge in [-0.15, -0.1) is 0 Å². The van der Waals surface area contributed by atoms with Crippen molar-refractivity contribution in [1.82, 2.24) is 4.90 Å². The van der Waals surface area contributed by atoms with E-state index in [4.69, 9.17) is 5.73 Å². The van der Waals surface area contributed by atoms with E-state index in [-0.39, 0.29) is 11.6 Å². The summed E-state index contributed by atoms with van der Waals surface area (Å²) in [5.74, 6) is 5.20. The van der Waals surface area contributed by atoms with E-state index < -0.39 is 11.5 Å². The van der Waals surface area contributed by atoms with Gasteiger partial charge < -0.3 is 15.7 Å². The highest BCUT2D eigenvalue weighted by molar-refractivity contribution is 6.45. The molecule has 2 aromatic rings. The van der Waals surface area contributed by atoms with Gasteiger partial charge in [0.25, 0.3) is 5.91 Å². The van der Waals surface area contributed by atoms with Crippen molar-refractivity contribution in [3.8, 4) is 11.8 Å². The van der Waals surface area contributed by atoms with Crippen LogP contribution < -0.4 is 11.2 Å². The number of benzene rings is 2. The second kappa shape index (κ2) is 8.80. The lowest BCUT2D eigenvalue weighted by atomic mass is 10.0. The molecule has 1 aliphatic rings. The van der Waals surface area contributed by atoms with E-state index in [0.29, 0.717) is 29.8 Å². The first-order chi connectivity index (χ1) is 14.3. The quantitative estimate of drug-likeness (QED) is 0.281. The van der Waals surface area contributed by atoms with Crippen molar-refractivity contribution in [2.75, 3.05) is 19.0 Å². The van der Waals surface area contributed by atoms with Crippen molar-refractivity contribution in [3.63, 3.8) is 0 Å². The second-order valence-electron chi connectivity index (χ2n) is 7.45. The third-order valence-electron chi connectivity index (χ3n) is 4.98. The van der Waals surface area contributed by atoms with Crippen LogP contribution in [0.25, 0.3) is 0 Å². The van der Waals surface area contributed by atoms with Gasteiger partial charge in [-0.2, -0.15) is 5.10 Å². The number of hydrazone groups is 1. The van der Waals surface area contributed by atoms with Crippen LogP contribution in [0.15, 0.2) is 53.6 Å². The van der Waals surface area contributed by atoms with Crippen molar-refractivity contribution in [1.29, 1.82) is 0 Å². The average molecular weight is 404 g/mol. The van der Waals surface area contributed by atoms with Crippen LogP contribution in [-0.4, -0.2) is 47.2 Å². The molecule has 0 aromatic heterocycles. The zero-order valence-electron chi connectivity index (χ0n) is 16.9. The molecule has 1 aliphatic carbocycles. The van der Waals surface area contributed by atoms with Crippen LogP contribution in [0.1, 0.15) is 23.1 Å². The monoisotopic (exact) mass is 404 g/mol. The summed E-state index contributed by atoms with van der Waals surface area (Å²) in [6.07, 6.45) is 1.28. The van der Waals surface area contributed by atoms with Gasteiger partial charge >= 0.3 is 0 Å². The molecule has 7 nitrogen and oxygen atoms in total. The van der Waals surface area contributed by atoms with Crippen molar-refractivity contribution in [2.24, 2.45) is 16.8 Å². The van der Waals surface area contributed by atoms with Crippen LogP contribution in [0, 0.1) is 24.7 Å². The standard InChI is InChI=1S/C23H24N4O3/c1-16-6-3-4-9-20(16)21(22(24)29)26-25-19-8-5-7-17(12-19)10-11-23(30)13-18(23)14-27(2)15-28/h3-9,12,15,18,25,30H,13-14H2,1-2H3,(H2,24,29)/b26-21+/t18-,23?/m1/s1. The molecule has 1 fully saturated rings. The number of nitrogens with zero attached hydrogens (tertiary/aromatic N) is 2. The van der Waals surface area contributed by atoms with E-state index in [1.165, 1.54) is 4.90 Å². The molecule has 3 rings (SSSR count). The van der Waals surface area contributed by atoms with Crippen LogP contribution in [0.3, 0.4) is 0 Å². The Balaban J connectivity index is 1.74. The molecule has 1 unspecified atom stereocenters. The SMILES string of the molecule is Cc1ccccc1/C(=N\Nc1cccc(C#CC2(O)C[C@@H]2CN(C)C=O)c1)C(N)=O. The number of hydrogen-bond donors (Lipinski definition) is 3. The first-order valence-corrected chi connectivity index (χ1v) is 9.53. The topological polar surface area (TPSA) is 108 Å². The predicted molar refractivity (Wildman–Crippen MR) is 116 cm³/mol. The van der Waals surface area contributed by atoms with Crippen molar-refractivity contribution >= 4 is 23.7 Å². The lowest BCUT2D eigenvalue weighted by Gasteiger charge is -2.10. The Hall–Kier alpha value is -3.63. The van der Waals surface area contributed by atoms with Crippen molar-refractivity contribution in [2.45, 2.75) is 18.9 Å². The number of primary amides is 1. The number of amides is 2. The van der Waals surface area contributed by atoms with Crippen LogP contribution in [0.4, 0.5) is 5.69 Å². The van der Waals surface area contributed by atoms with E-state index in [1.54, 1.807) is 31.3 Å². The van der Waals surface area contributed by atoms with Gasteiger partial charge in [0.15, 0.2) is 5.71 Å². The fourth-order valence-electron chi connectivity index (χ4n) is 3.13. The first kappa shape index (κ1) is 21.1. The summed E-state index contributed by atoms with van der Waals surface area (Å²) in [6.45, 7) is 2.35. The van der Waals surface area contributed by atoms with Crippen LogP contribution >= 0.6 is 0 Å². The van der Waals surface area contributed by atoms with Gasteiger partial charge in [-0.25, -0.2) is 0 Å². The van der Waals surface area contributed by atoms with E-state index in [9.17, 15) is 14.7 Å². The number of aliphatic hydroxyl groups is 1. The molecule has 2 atom stereocenters. The van der Waals surface area contributed by atoms with Gasteiger partial charge in [0.2, 0.25) is 6.41 Å². The smallest absolute Gasteiger partial charge is 0.269 e. The van der Waals surface area contributed by atoms with Gasteiger partial charge in [-0.3, -0.25) is 15.0 Å². The minimum Gasteiger partial charge on any atom is -0.377 e. The third kappa shape index (κ3) is 5.04. The molecule has 154 valence electrons. The van der Waals surface area contributed by atoms with E-state index in [2.05, 4.69) is 22.4 Å². The fraction of sp³-hybridized carbons (Fsp3) is 0.261. The highest BCUT2D eigenvalue weighted by Crippen LogP contribution is 2.43. The highest BCUT2D eigenvalue weighted by atomic mass is 16.3. The molecule has 0 saturated heterocycles. The largest absolute Gasteiger partial charge is 0.377 e. The molecular formula is C23H24N4O3. The maximum absolute atomic E-state index is 11.9. The summed E-state index contributed by atoms with van der Waals surface area (Å²) in [5, 5.41) is 14.6. The molecule has 2 amide bonds. The number of carbonyl (C=O) groups is 2. The van der Waals surface area contributed by atoms with Crippen LogP contribution in [-0.2, 0) is 9.59 Å². The molecule has 1 saturated carbocycles. The summed E-state index contributed by atoms with van der Waals surface area (Å²) >= 11 is 0. The van der Waals surface area contributed by atoms with Gasteiger partial charge in [0, 0.05) is 30.6 Å². The average Bonchev–Trinajstić information content (AvgIpc) is 3.37. The van der Waals surface area contributed by atoms with E-state index in [1.807, 2.05) is 31.2 Å². The van der Waals surface area contributed by atoms with E-state index >= 15 is 0 Å². The Kier molecular flexibility index (Phi) is 6.19. The summed E-state index contributed by atoms with van der Waals surface area (Å²) in [6, 6.07) is 14.5. The van der Waals surface area contributed by atoms with Gasteiger partial charge in [0.05, 0.1) is 5.69 Å². The third-order valence-corrected chi connectivity index (χ3v) is 4.98. The summed E-state index contributed by atoms with van der Waals surface area (Å²) < 4.78 is 0. The van der Waals surface area contributed by atoms with Gasteiger partial charge in [-0.1, -0.05) is 42.2 Å². The Labute approximate surface area is 175 Å². The number of anilines is 1. The Bertz CT molecular complexity index is 1050. The molecule has 2 aromatic carbocycles. The van der Waals surface area contributed by atoms with Crippen molar-refractivity contribution in [3.05, 3.63) is 65.2 Å². The summed E-state index contributed by atoms with van der Waals surface area (Å²) in [4.78, 5) is 24.1. The molecule has 0 bridgehead atoms. The number of carbonyl (C=O) groups excluding carboxylic acids is 2. The number of nitrogens with two attached hydrogens (primary N) is 1. The van der Waals surface area contributed by atoms with Gasteiger partial charge in [0.1, 0.15) is 5.60 Å². The molecular weight excluding hydrogens is 380 g/mol. The molecule has 7 heteroatoms. The zero-order chi connectivity index (χ0) is 21.7. The first-order valence-electron chi connectivity index (χ1n) is 9.53. The minimum absolute atomic E-state index is 0.0432. The normalized spacial score (nSPS) is 20.0. The maximum Gasteiger partial charge on any atom is 0.269 e. The zero-order valence-corrected chi connectivity index (χ0v) is 16.9. The van der Waals surface area contributed by atoms with Gasteiger partial charge in [-0.05, 0) is 37.1 Å². The molecule has 0 spiro atoms. The highest BCUT2D eigenvalue weighted by Gasteiger charge is 2.52. The Morgan fingerprint density at radius 1 is 1.37 bits per heavy atom. The number of nitrogens with one attached hydrogen (secondary N) is 1. The lowest BCUT2D eigenvalue weighted by Crippen LogP contribution is -2.26. The van der Waals surface area contributed by atoms with Crippen LogP contribution in [0.5, 0.6) is 0 Å². The lowest BCUT2D eigenvalue weighted by molar-refractivity contribution is -0.117. The maximum atomic E-state index is 11.9.